The number of carboxylic acids is 1. The Bertz CT molecular complexity index is 979. The van der Waals surface area contributed by atoms with Crippen molar-refractivity contribution in [2.24, 2.45) is 0 Å². The molecule has 2 rings (SSSR count). The van der Waals surface area contributed by atoms with Crippen LogP contribution in [-0.2, 0) is 4.79 Å². The van der Waals surface area contributed by atoms with E-state index in [0.717, 1.165) is 12.1 Å². The number of aliphatic carboxylic acids is 1. The van der Waals surface area contributed by atoms with Crippen molar-refractivity contribution in [3.8, 4) is 5.75 Å². The van der Waals surface area contributed by atoms with Gasteiger partial charge >= 0.3 is 5.97 Å². The summed E-state index contributed by atoms with van der Waals surface area (Å²) in [6.45, 7) is 2.50. The van der Waals surface area contributed by atoms with Crippen LogP contribution in [0.1, 0.15) is 10.4 Å². The number of fused-ring (bicyclic) bond motifs is 1. The maximum atomic E-state index is 12.5. The Kier molecular flexibility index (Phi) is 5.21. The van der Waals surface area contributed by atoms with E-state index in [9.17, 15) is 29.6 Å². The van der Waals surface area contributed by atoms with Crippen LogP contribution in [0.5, 0.6) is 5.75 Å². The highest BCUT2D eigenvalue weighted by Crippen LogP contribution is 2.29. The molecule has 1 heterocycles. The van der Waals surface area contributed by atoms with E-state index >= 15 is 0 Å². The van der Waals surface area contributed by atoms with Crippen molar-refractivity contribution >= 4 is 28.5 Å². The molecule has 11 heteroatoms. The van der Waals surface area contributed by atoms with Crippen LogP contribution < -0.4 is 15.7 Å². The molecule has 0 aliphatic rings. The third-order valence-corrected chi connectivity index (χ3v) is 3.25. The first-order chi connectivity index (χ1) is 12.3. The molecule has 1 amide bonds. The standard InChI is InChI=1S/C15H13N3O8/c1-2-5-26-17-10-4-3-8(18(24)25)6-9(10)13(21)12(15(17)23)14(22)16-7-11(19)20/h2-4,6,21H,1,5,7H2,(H,16,22)(H,19,20). The van der Waals surface area contributed by atoms with Crippen molar-refractivity contribution in [3.63, 3.8) is 0 Å². The number of carboxylic acid groups (broad SMARTS) is 1. The molecule has 26 heavy (non-hydrogen) atoms. The number of benzene rings is 1. The fourth-order valence-corrected chi connectivity index (χ4v) is 2.16. The summed E-state index contributed by atoms with van der Waals surface area (Å²) in [5.41, 5.74) is -2.27. The Balaban J connectivity index is 2.75. The third-order valence-electron chi connectivity index (χ3n) is 3.25. The number of nitrogens with one attached hydrogen (secondary N) is 1. The van der Waals surface area contributed by atoms with E-state index in [1.807, 2.05) is 5.32 Å². The average Bonchev–Trinajstić information content (AvgIpc) is 2.59. The van der Waals surface area contributed by atoms with Crippen molar-refractivity contribution in [2.45, 2.75) is 0 Å². The number of hydrogen-bond donors (Lipinski definition) is 3. The number of aromatic nitrogens is 1. The van der Waals surface area contributed by atoms with Gasteiger partial charge in [-0.25, -0.2) is 0 Å². The highest BCUT2D eigenvalue weighted by Gasteiger charge is 2.24. The van der Waals surface area contributed by atoms with Crippen LogP contribution in [0.2, 0.25) is 0 Å². The van der Waals surface area contributed by atoms with Crippen molar-refractivity contribution in [1.82, 2.24) is 10.0 Å². The van der Waals surface area contributed by atoms with Crippen LogP contribution in [0.15, 0.2) is 35.6 Å². The van der Waals surface area contributed by atoms with Gasteiger partial charge in [0.15, 0.2) is 5.56 Å². The minimum atomic E-state index is -1.36. The zero-order valence-electron chi connectivity index (χ0n) is 13.2. The number of non-ortho nitro benzene ring substituents is 1. The smallest absolute Gasteiger partial charge is 0.322 e. The molecule has 0 unspecified atom stereocenters. The zero-order valence-corrected chi connectivity index (χ0v) is 13.2. The number of rotatable bonds is 7. The number of hydrogen-bond acceptors (Lipinski definition) is 7. The van der Waals surface area contributed by atoms with E-state index in [1.54, 1.807) is 0 Å². The Morgan fingerprint density at radius 1 is 1.42 bits per heavy atom. The molecule has 0 aliphatic heterocycles. The van der Waals surface area contributed by atoms with Crippen molar-refractivity contribution in [1.29, 1.82) is 0 Å². The topological polar surface area (TPSA) is 161 Å². The number of nitro groups is 1. The molecule has 0 radical (unpaired) electrons. The number of carbonyl (C=O) groups excluding carboxylic acids is 1. The summed E-state index contributed by atoms with van der Waals surface area (Å²) in [7, 11) is 0. The molecule has 11 nitrogen and oxygen atoms in total. The van der Waals surface area contributed by atoms with Gasteiger partial charge in [-0.15, -0.1) is 4.73 Å². The maximum Gasteiger partial charge on any atom is 0.322 e. The number of pyridine rings is 1. The first-order valence-electron chi connectivity index (χ1n) is 7.08. The molecular formula is C15H13N3O8. The predicted molar refractivity (Wildman–Crippen MR) is 88.1 cm³/mol. The van der Waals surface area contributed by atoms with Crippen LogP contribution in [0, 0.1) is 10.1 Å². The highest BCUT2D eigenvalue weighted by atomic mass is 16.7. The number of carbonyl (C=O) groups is 2. The van der Waals surface area contributed by atoms with Gasteiger partial charge in [0.05, 0.1) is 15.8 Å². The minimum absolute atomic E-state index is 0.0188. The summed E-state index contributed by atoms with van der Waals surface area (Å²) in [6.07, 6.45) is 1.32. The van der Waals surface area contributed by atoms with E-state index < -0.39 is 45.9 Å². The third kappa shape index (κ3) is 3.45. The molecule has 0 spiro atoms. The fraction of sp³-hybridized carbons (Fsp3) is 0.133. The summed E-state index contributed by atoms with van der Waals surface area (Å²) < 4.78 is 0.677. The Labute approximate surface area is 144 Å². The number of aromatic hydroxyl groups is 1. The quantitative estimate of drug-likeness (QED) is 0.353. The first kappa shape index (κ1) is 18.4. The normalized spacial score (nSPS) is 10.3. The monoisotopic (exact) mass is 363 g/mol. The molecule has 0 fully saturated rings. The van der Waals surface area contributed by atoms with Gasteiger partial charge in [-0.3, -0.25) is 24.5 Å². The number of nitro benzene ring substituents is 1. The summed E-state index contributed by atoms with van der Waals surface area (Å²) >= 11 is 0. The molecule has 0 bridgehead atoms. The molecular weight excluding hydrogens is 350 g/mol. The Hall–Kier alpha value is -3.89. The molecule has 0 saturated heterocycles. The molecule has 2 aromatic rings. The fourth-order valence-electron chi connectivity index (χ4n) is 2.16. The molecule has 0 atom stereocenters. The van der Waals surface area contributed by atoms with Gasteiger partial charge in [0.25, 0.3) is 17.2 Å². The largest absolute Gasteiger partial charge is 0.506 e. The lowest BCUT2D eigenvalue weighted by Crippen LogP contribution is -2.37. The summed E-state index contributed by atoms with van der Waals surface area (Å²) in [6, 6.07) is 3.24. The Morgan fingerprint density at radius 3 is 2.69 bits per heavy atom. The SMILES string of the molecule is C=CCOn1c(=O)c(C(=O)NCC(=O)O)c(O)c2cc([N+](=O)[O-])ccc21. The minimum Gasteiger partial charge on any atom is -0.506 e. The summed E-state index contributed by atoms with van der Waals surface area (Å²) in [5, 5.41) is 31.6. The second kappa shape index (κ2) is 7.34. The van der Waals surface area contributed by atoms with Crippen molar-refractivity contribution in [2.75, 3.05) is 13.2 Å². The van der Waals surface area contributed by atoms with E-state index in [4.69, 9.17) is 9.94 Å². The Morgan fingerprint density at radius 2 is 2.12 bits per heavy atom. The van der Waals surface area contributed by atoms with Gasteiger partial charge in [0, 0.05) is 12.1 Å². The van der Waals surface area contributed by atoms with Gasteiger partial charge < -0.3 is 20.4 Å². The summed E-state index contributed by atoms with van der Waals surface area (Å²) in [5.74, 6) is -3.35. The molecule has 136 valence electrons. The lowest BCUT2D eigenvalue weighted by molar-refractivity contribution is -0.384. The molecule has 3 N–H and O–H groups in total. The van der Waals surface area contributed by atoms with Crippen LogP contribution in [-0.4, -0.2) is 44.9 Å². The molecule has 0 saturated carbocycles. The molecule has 1 aromatic carbocycles. The number of amides is 1. The van der Waals surface area contributed by atoms with Gasteiger partial charge in [0.2, 0.25) is 0 Å². The average molecular weight is 363 g/mol. The van der Waals surface area contributed by atoms with Crippen molar-refractivity contribution < 1.29 is 29.6 Å². The van der Waals surface area contributed by atoms with Gasteiger partial charge in [-0.1, -0.05) is 12.7 Å². The van der Waals surface area contributed by atoms with E-state index in [0.29, 0.717) is 4.73 Å². The zero-order chi connectivity index (χ0) is 19.4. The summed E-state index contributed by atoms with van der Waals surface area (Å²) in [4.78, 5) is 50.6. The van der Waals surface area contributed by atoms with Crippen LogP contribution in [0.25, 0.3) is 10.9 Å². The van der Waals surface area contributed by atoms with Crippen LogP contribution >= 0.6 is 0 Å². The van der Waals surface area contributed by atoms with Crippen LogP contribution in [0.3, 0.4) is 0 Å². The van der Waals surface area contributed by atoms with Crippen LogP contribution in [0.4, 0.5) is 5.69 Å². The lowest BCUT2D eigenvalue weighted by Gasteiger charge is -2.14. The molecule has 0 aliphatic carbocycles. The first-order valence-corrected chi connectivity index (χ1v) is 7.08. The predicted octanol–water partition coefficient (Wildman–Crippen LogP) is 0.0443. The van der Waals surface area contributed by atoms with E-state index in [1.165, 1.54) is 12.1 Å². The highest BCUT2D eigenvalue weighted by molar-refractivity contribution is 6.03. The van der Waals surface area contributed by atoms with Gasteiger partial charge in [0.1, 0.15) is 18.9 Å². The molecule has 1 aromatic heterocycles. The number of nitrogens with zero attached hydrogens (tertiary/aromatic N) is 2. The van der Waals surface area contributed by atoms with E-state index in [-0.39, 0.29) is 17.5 Å². The second-order valence-electron chi connectivity index (χ2n) is 4.94. The van der Waals surface area contributed by atoms with Crippen molar-refractivity contribution in [3.05, 3.63) is 56.9 Å². The van der Waals surface area contributed by atoms with Gasteiger partial charge in [-0.05, 0) is 6.07 Å². The van der Waals surface area contributed by atoms with Gasteiger partial charge in [-0.2, -0.15) is 0 Å². The second-order valence-corrected chi connectivity index (χ2v) is 4.94. The maximum absolute atomic E-state index is 12.5. The van der Waals surface area contributed by atoms with E-state index in [2.05, 4.69) is 6.58 Å². The lowest BCUT2D eigenvalue weighted by atomic mass is 10.1.